The van der Waals surface area contributed by atoms with Crippen LogP contribution in [-0.2, 0) is 47.5 Å². The van der Waals surface area contributed by atoms with Gasteiger partial charge < -0.3 is 58.5 Å². The van der Waals surface area contributed by atoms with Gasteiger partial charge in [0.1, 0.15) is 35.6 Å². The Morgan fingerprint density at radius 3 is 2.24 bits per heavy atom. The molecule has 6 fully saturated rings. The van der Waals surface area contributed by atoms with Crippen LogP contribution in [0.1, 0.15) is 96.6 Å². The van der Waals surface area contributed by atoms with Gasteiger partial charge in [-0.2, -0.15) is 0 Å². The number of carbonyl (C=O) groups excluding carboxylic acids is 4. The molecule has 4 bridgehead atoms. The molecule has 67 heavy (non-hydrogen) atoms. The number of carbonyl (C=O) groups is 4. The number of morpholine rings is 1. The van der Waals surface area contributed by atoms with Crippen LogP contribution >= 0.6 is 0 Å². The van der Waals surface area contributed by atoms with Gasteiger partial charge in [0.2, 0.25) is 0 Å². The summed E-state index contributed by atoms with van der Waals surface area (Å²) < 4.78 is 50.9. The molecule has 15 atom stereocenters. The zero-order valence-electron chi connectivity index (χ0n) is 39.3. The molecule has 4 aliphatic heterocycles. The molecular weight excluding hydrogens is 869 g/mol. The summed E-state index contributed by atoms with van der Waals surface area (Å²) in [6, 6.07) is 15.5. The summed E-state index contributed by atoms with van der Waals surface area (Å²) in [7, 11) is 0. The lowest BCUT2D eigenvalue weighted by atomic mass is 9.44. The summed E-state index contributed by atoms with van der Waals surface area (Å²) >= 11 is 0. The Kier molecular flexibility index (Phi) is 12.2. The number of likely N-dealkylation sites (tertiary alicyclic amines) is 1. The molecule has 4 heterocycles. The second-order valence-corrected chi connectivity index (χ2v) is 21.2. The van der Waals surface area contributed by atoms with Gasteiger partial charge >= 0.3 is 24.0 Å². The van der Waals surface area contributed by atoms with Gasteiger partial charge in [-0.3, -0.25) is 9.69 Å². The molecule has 0 radical (unpaired) electrons. The van der Waals surface area contributed by atoms with Crippen LogP contribution in [0.5, 0.6) is 0 Å². The molecule has 1 amide bonds. The van der Waals surface area contributed by atoms with Crippen molar-refractivity contribution in [2.24, 2.45) is 16.7 Å². The number of nitrogens with one attached hydrogen (secondary N) is 1. The minimum atomic E-state index is -2.19. The zero-order chi connectivity index (χ0) is 48.0. The van der Waals surface area contributed by atoms with Crippen LogP contribution in [-0.4, -0.2) is 148 Å². The van der Waals surface area contributed by atoms with Gasteiger partial charge in [0.05, 0.1) is 55.6 Å². The van der Waals surface area contributed by atoms with E-state index in [0.29, 0.717) is 36.4 Å². The Morgan fingerprint density at radius 2 is 1.64 bits per heavy atom. The molecule has 17 nitrogen and oxygen atoms in total. The van der Waals surface area contributed by atoms with Gasteiger partial charge in [-0.1, -0.05) is 69.3 Å². The fourth-order valence-corrected chi connectivity index (χ4v) is 12.4. The number of ether oxygens (including phenoxy) is 8. The number of benzene rings is 2. The monoisotopic (exact) mass is 932 g/mol. The Balaban J connectivity index is 1.18. The summed E-state index contributed by atoms with van der Waals surface area (Å²) in [4.78, 5) is 57.8. The van der Waals surface area contributed by atoms with Crippen LogP contribution in [0.2, 0.25) is 0 Å². The van der Waals surface area contributed by atoms with E-state index in [1.807, 2.05) is 6.92 Å². The normalized spacial score (nSPS) is 38.1. The Labute approximate surface area is 390 Å². The molecule has 17 heteroatoms. The van der Waals surface area contributed by atoms with E-state index in [1.54, 1.807) is 102 Å². The van der Waals surface area contributed by atoms with E-state index in [0.717, 1.165) is 6.42 Å². The van der Waals surface area contributed by atoms with Gasteiger partial charge in [0, 0.05) is 43.2 Å². The highest BCUT2D eigenvalue weighted by Crippen LogP contribution is 2.67. The molecule has 0 spiro atoms. The molecule has 9 rings (SSSR count). The molecule has 4 N–H and O–H groups in total. The van der Waals surface area contributed by atoms with E-state index < -0.39 is 113 Å². The highest BCUT2D eigenvalue weighted by molar-refractivity contribution is 5.89. The van der Waals surface area contributed by atoms with Gasteiger partial charge in [0.15, 0.2) is 18.0 Å². The predicted molar refractivity (Wildman–Crippen MR) is 236 cm³/mol. The number of alkyl carbamates (subject to hydrolysis) is 1. The number of esters is 3. The Hall–Kier alpha value is -4.46. The highest BCUT2D eigenvalue weighted by Gasteiger charge is 2.79. The molecular formula is C50H64N2O15. The van der Waals surface area contributed by atoms with Crippen molar-refractivity contribution < 1.29 is 72.4 Å². The summed E-state index contributed by atoms with van der Waals surface area (Å²) in [5.74, 6) is -3.78. The first kappa shape index (κ1) is 47.6. The Morgan fingerprint density at radius 1 is 0.955 bits per heavy atom. The highest BCUT2D eigenvalue weighted by atomic mass is 16.7. The number of aliphatic hydroxyl groups excluding tert-OH is 2. The van der Waals surface area contributed by atoms with Crippen LogP contribution in [0.3, 0.4) is 0 Å². The third kappa shape index (κ3) is 8.06. The number of amides is 1. The van der Waals surface area contributed by atoms with Crippen LogP contribution in [0.4, 0.5) is 4.79 Å². The standard InChI is InChI=1S/C50H64N2O15/c1-26-32(62-44(57)38(55)37(28-15-11-9-12-16-28)51-45(58)67-46(3,4)5)21-50(59)42(65-43(56)29-17-13-10-14-18-29)40-48(8,33(54)20-34-49(40,25-61-34)66-27(2)53)41-39(36(26)47(50,6)7)63-35(64-41)23-52-22-31-19-30(52)24-60-31/h9-18,30-35,37-42,54-55,59H,19-25H2,1-8H3,(H,51,58). The molecule has 4 saturated heterocycles. The SMILES string of the molecule is CC(=O)OC12COC1CC(O)C1(C)C3OC(CN4CC5CC4CO5)OC3C3=C(C)C(OC(=O)C(O)C(NC(=O)OC(C)(C)C)c4ccccc4)CC(O)(C(OC(=O)c4ccccc4)C21)C3(C)C. The number of hydrogen-bond acceptors (Lipinski definition) is 16. The van der Waals surface area contributed by atoms with Crippen molar-refractivity contribution in [1.82, 2.24) is 10.2 Å². The lowest BCUT2D eigenvalue weighted by molar-refractivity contribution is -0.362. The largest absolute Gasteiger partial charge is 0.456 e. The number of rotatable bonds is 10. The van der Waals surface area contributed by atoms with E-state index >= 15 is 0 Å². The van der Waals surface area contributed by atoms with Gasteiger partial charge in [-0.25, -0.2) is 14.4 Å². The van der Waals surface area contributed by atoms with Crippen molar-refractivity contribution in [2.75, 3.05) is 26.3 Å². The summed E-state index contributed by atoms with van der Waals surface area (Å²) in [6.07, 6.45) is -10.1. The molecule has 364 valence electrons. The topological polar surface area (TPSA) is 218 Å². The van der Waals surface area contributed by atoms with E-state index in [1.165, 1.54) is 6.92 Å². The predicted octanol–water partition coefficient (Wildman–Crippen LogP) is 3.91. The van der Waals surface area contributed by atoms with Gasteiger partial charge in [-0.15, -0.1) is 0 Å². The van der Waals surface area contributed by atoms with E-state index in [-0.39, 0.29) is 37.2 Å². The summed E-state index contributed by atoms with van der Waals surface area (Å²) in [5, 5.41) is 41.2. The second kappa shape index (κ2) is 17.2. The average molecular weight is 933 g/mol. The quantitative estimate of drug-likeness (QED) is 0.151. The third-order valence-electron chi connectivity index (χ3n) is 15.7. The Bertz CT molecular complexity index is 2270. The average Bonchev–Trinajstić information content (AvgIpc) is 4.01. The first-order valence-corrected chi connectivity index (χ1v) is 23.4. The summed E-state index contributed by atoms with van der Waals surface area (Å²) in [6.45, 7) is 15.0. The van der Waals surface area contributed by atoms with Crippen LogP contribution < -0.4 is 5.32 Å². The van der Waals surface area contributed by atoms with E-state index in [9.17, 15) is 34.5 Å². The number of fused-ring (bicyclic) bond motifs is 10. The van der Waals surface area contributed by atoms with E-state index in [2.05, 4.69) is 10.2 Å². The lowest BCUT2D eigenvalue weighted by Crippen LogP contribution is -2.82. The van der Waals surface area contributed by atoms with Crippen molar-refractivity contribution in [3.8, 4) is 0 Å². The fourth-order valence-electron chi connectivity index (χ4n) is 12.4. The smallest absolute Gasteiger partial charge is 0.408 e. The maximum absolute atomic E-state index is 14.6. The second-order valence-electron chi connectivity index (χ2n) is 21.2. The number of aliphatic hydroxyl groups is 3. The maximum atomic E-state index is 14.6. The maximum Gasteiger partial charge on any atom is 0.408 e. The van der Waals surface area contributed by atoms with Crippen molar-refractivity contribution >= 4 is 24.0 Å². The molecule has 15 unspecified atom stereocenters. The first-order valence-electron chi connectivity index (χ1n) is 23.4. The zero-order valence-corrected chi connectivity index (χ0v) is 39.3. The molecule has 3 aliphatic carbocycles. The van der Waals surface area contributed by atoms with Gasteiger partial charge in [0.25, 0.3) is 0 Å². The van der Waals surface area contributed by atoms with Crippen molar-refractivity contribution in [1.29, 1.82) is 0 Å². The third-order valence-corrected chi connectivity index (χ3v) is 15.7. The summed E-state index contributed by atoms with van der Waals surface area (Å²) in [5.41, 5.74) is -5.94. The van der Waals surface area contributed by atoms with Crippen LogP contribution in [0.15, 0.2) is 71.8 Å². The van der Waals surface area contributed by atoms with Crippen LogP contribution in [0, 0.1) is 16.7 Å². The van der Waals surface area contributed by atoms with Crippen LogP contribution in [0.25, 0.3) is 0 Å². The minimum absolute atomic E-state index is 0.0297. The fraction of sp³-hybridized carbons (Fsp3) is 0.640. The van der Waals surface area contributed by atoms with E-state index in [4.69, 9.17) is 37.9 Å². The van der Waals surface area contributed by atoms with Crippen molar-refractivity contribution in [3.05, 3.63) is 82.9 Å². The van der Waals surface area contributed by atoms with Crippen molar-refractivity contribution in [2.45, 2.75) is 159 Å². The molecule has 0 aromatic heterocycles. The van der Waals surface area contributed by atoms with Gasteiger partial charge in [-0.05, 0) is 63.0 Å². The molecule has 2 aromatic carbocycles. The van der Waals surface area contributed by atoms with Crippen molar-refractivity contribution in [3.63, 3.8) is 0 Å². The molecule has 2 saturated carbocycles. The lowest BCUT2D eigenvalue weighted by Gasteiger charge is -2.68. The number of nitrogens with zero attached hydrogens (tertiary/aromatic N) is 1. The number of hydrogen-bond donors (Lipinski definition) is 4. The minimum Gasteiger partial charge on any atom is -0.456 e. The molecule has 7 aliphatic rings. The molecule has 2 aromatic rings. The first-order chi connectivity index (χ1) is 31.6.